The third-order valence-corrected chi connectivity index (χ3v) is 4.92. The Morgan fingerprint density at radius 1 is 1.11 bits per heavy atom. The second-order valence-corrected chi connectivity index (χ2v) is 6.88. The van der Waals surface area contributed by atoms with E-state index in [2.05, 4.69) is 25.8 Å². The average Bonchev–Trinajstić information content (AvgIpc) is 3.27. The summed E-state index contributed by atoms with van der Waals surface area (Å²) in [7, 11) is 0. The third kappa shape index (κ3) is 3.17. The van der Waals surface area contributed by atoms with Crippen molar-refractivity contribution in [3.05, 3.63) is 64.8 Å². The molecule has 5 rings (SSSR count). The van der Waals surface area contributed by atoms with Crippen molar-refractivity contribution in [1.82, 2.24) is 15.5 Å². The van der Waals surface area contributed by atoms with Crippen LogP contribution in [0.1, 0.15) is 35.0 Å². The van der Waals surface area contributed by atoms with Gasteiger partial charge in [-0.05, 0) is 54.3 Å². The Hall–Kier alpha value is -3.42. The van der Waals surface area contributed by atoms with Crippen molar-refractivity contribution >= 4 is 23.4 Å². The van der Waals surface area contributed by atoms with Crippen molar-refractivity contribution in [1.29, 1.82) is 0 Å². The number of anilines is 2. The van der Waals surface area contributed by atoms with Gasteiger partial charge in [-0.15, -0.1) is 5.10 Å². The highest BCUT2D eigenvalue weighted by Gasteiger charge is 2.25. The van der Waals surface area contributed by atoms with E-state index >= 15 is 0 Å². The lowest BCUT2D eigenvalue weighted by Crippen LogP contribution is -2.30. The molecule has 8 heteroatoms. The normalized spacial score (nSPS) is 17.4. The maximum atomic E-state index is 13.4. The molecule has 0 fully saturated rings. The molecule has 0 spiro atoms. The van der Waals surface area contributed by atoms with Crippen LogP contribution in [0.5, 0.6) is 0 Å². The largest absolute Gasteiger partial charge is 0.460 e. The number of hydrogen-bond acceptors (Lipinski definition) is 7. The molecule has 142 valence electrons. The lowest BCUT2D eigenvalue weighted by atomic mass is 10.1. The van der Waals surface area contributed by atoms with E-state index in [1.54, 1.807) is 13.0 Å². The highest BCUT2D eigenvalue weighted by atomic mass is 19.1. The standard InChI is InChI=1S/C20H18FN5O2/c1-11-25-26-20(28-11)22-15-4-7-17-13(9-15)10-27-19(23-17)24-18-6-2-12-8-14(21)3-5-16(12)18/h3-5,7-9,18H,2,6,10H2,1H3,(H,22,26)(H,23,24). The first kappa shape index (κ1) is 16.7. The minimum absolute atomic E-state index is 0.0811. The summed E-state index contributed by atoms with van der Waals surface area (Å²) in [6, 6.07) is 11.6. The van der Waals surface area contributed by atoms with E-state index in [0.29, 0.717) is 24.5 Å². The van der Waals surface area contributed by atoms with Gasteiger partial charge >= 0.3 is 6.01 Å². The number of amidine groups is 1. The minimum atomic E-state index is -0.195. The Labute approximate surface area is 160 Å². The maximum absolute atomic E-state index is 13.4. The van der Waals surface area contributed by atoms with Crippen molar-refractivity contribution < 1.29 is 13.5 Å². The fraction of sp³-hybridized carbons (Fsp3) is 0.250. The molecule has 0 saturated carbocycles. The Bertz CT molecular complexity index is 1080. The van der Waals surface area contributed by atoms with Crippen LogP contribution in [0.3, 0.4) is 0 Å². The van der Waals surface area contributed by atoms with Crippen LogP contribution in [-0.2, 0) is 17.8 Å². The number of nitrogens with one attached hydrogen (secondary N) is 2. The van der Waals surface area contributed by atoms with Crippen LogP contribution < -0.4 is 10.6 Å². The van der Waals surface area contributed by atoms with Crippen molar-refractivity contribution in [2.24, 2.45) is 4.99 Å². The van der Waals surface area contributed by atoms with Gasteiger partial charge in [0.25, 0.3) is 6.02 Å². The Kier molecular flexibility index (Phi) is 3.96. The van der Waals surface area contributed by atoms with Gasteiger partial charge < -0.3 is 19.8 Å². The molecule has 1 unspecified atom stereocenters. The van der Waals surface area contributed by atoms with E-state index in [1.807, 2.05) is 24.3 Å². The van der Waals surface area contributed by atoms with Gasteiger partial charge in [0.15, 0.2) is 0 Å². The Balaban J connectivity index is 1.32. The monoisotopic (exact) mass is 379 g/mol. The summed E-state index contributed by atoms with van der Waals surface area (Å²) in [4.78, 5) is 4.58. The average molecular weight is 379 g/mol. The fourth-order valence-corrected chi connectivity index (χ4v) is 3.61. The summed E-state index contributed by atoms with van der Waals surface area (Å²) in [5, 5.41) is 14.1. The molecule has 28 heavy (non-hydrogen) atoms. The van der Waals surface area contributed by atoms with E-state index in [4.69, 9.17) is 9.15 Å². The fourth-order valence-electron chi connectivity index (χ4n) is 3.61. The molecular formula is C20H18FN5O2. The zero-order chi connectivity index (χ0) is 19.1. The quantitative estimate of drug-likeness (QED) is 0.714. The van der Waals surface area contributed by atoms with Crippen LogP contribution in [-0.4, -0.2) is 16.2 Å². The predicted molar refractivity (Wildman–Crippen MR) is 101 cm³/mol. The molecule has 0 bridgehead atoms. The van der Waals surface area contributed by atoms with Gasteiger partial charge in [0.1, 0.15) is 12.4 Å². The number of aryl methyl sites for hydroxylation is 2. The number of aliphatic imine (C=N–C) groups is 1. The molecule has 2 heterocycles. The Morgan fingerprint density at radius 3 is 2.89 bits per heavy atom. The first-order valence-corrected chi connectivity index (χ1v) is 9.10. The SMILES string of the molecule is Cc1nnc(Nc2ccc3c(c2)COC(NC2CCc4cc(F)ccc42)=N3)o1. The molecule has 1 atom stereocenters. The topological polar surface area (TPSA) is 84.6 Å². The van der Waals surface area contributed by atoms with Crippen molar-refractivity contribution in [3.8, 4) is 0 Å². The molecular weight excluding hydrogens is 361 g/mol. The van der Waals surface area contributed by atoms with E-state index in [9.17, 15) is 4.39 Å². The van der Waals surface area contributed by atoms with Gasteiger partial charge in [-0.1, -0.05) is 11.2 Å². The summed E-state index contributed by atoms with van der Waals surface area (Å²) in [6.45, 7) is 2.14. The number of hydrogen-bond donors (Lipinski definition) is 2. The third-order valence-electron chi connectivity index (χ3n) is 4.92. The van der Waals surface area contributed by atoms with Gasteiger partial charge in [-0.2, -0.15) is 4.99 Å². The number of ether oxygens (including phenoxy) is 1. The van der Waals surface area contributed by atoms with Crippen LogP contribution in [0.2, 0.25) is 0 Å². The number of benzene rings is 2. The van der Waals surface area contributed by atoms with Crippen LogP contribution in [0.4, 0.5) is 21.8 Å². The summed E-state index contributed by atoms with van der Waals surface area (Å²) in [5.74, 6) is 0.306. The van der Waals surface area contributed by atoms with Crippen LogP contribution in [0, 0.1) is 12.7 Å². The van der Waals surface area contributed by atoms with Gasteiger partial charge in [-0.25, -0.2) is 4.39 Å². The van der Waals surface area contributed by atoms with Crippen molar-refractivity contribution in [3.63, 3.8) is 0 Å². The molecule has 0 radical (unpaired) electrons. The summed E-state index contributed by atoms with van der Waals surface area (Å²) in [5.41, 5.74) is 4.78. The molecule has 7 nitrogen and oxygen atoms in total. The molecule has 2 N–H and O–H groups in total. The predicted octanol–water partition coefficient (Wildman–Crippen LogP) is 4.06. The van der Waals surface area contributed by atoms with Gasteiger partial charge in [-0.3, -0.25) is 0 Å². The number of fused-ring (bicyclic) bond motifs is 2. The molecule has 0 amide bonds. The summed E-state index contributed by atoms with van der Waals surface area (Å²) < 4.78 is 24.5. The number of halogens is 1. The first-order chi connectivity index (χ1) is 13.6. The smallest absolute Gasteiger partial charge is 0.320 e. The van der Waals surface area contributed by atoms with E-state index in [1.165, 1.54) is 6.07 Å². The van der Waals surface area contributed by atoms with Gasteiger partial charge in [0, 0.05) is 18.2 Å². The van der Waals surface area contributed by atoms with E-state index in [-0.39, 0.29) is 11.9 Å². The highest BCUT2D eigenvalue weighted by Crippen LogP contribution is 2.33. The van der Waals surface area contributed by atoms with Crippen LogP contribution in [0.25, 0.3) is 0 Å². The summed E-state index contributed by atoms with van der Waals surface area (Å²) >= 11 is 0. The van der Waals surface area contributed by atoms with Crippen molar-refractivity contribution in [2.45, 2.75) is 32.4 Å². The molecule has 0 saturated heterocycles. The molecule has 1 aliphatic heterocycles. The zero-order valence-corrected chi connectivity index (χ0v) is 15.2. The number of rotatable bonds is 3. The van der Waals surface area contributed by atoms with Crippen LogP contribution >= 0.6 is 0 Å². The van der Waals surface area contributed by atoms with Gasteiger partial charge in [0.2, 0.25) is 5.89 Å². The lowest BCUT2D eigenvalue weighted by molar-refractivity contribution is 0.266. The Morgan fingerprint density at radius 2 is 2.04 bits per heavy atom. The molecule has 3 aromatic rings. The van der Waals surface area contributed by atoms with E-state index < -0.39 is 0 Å². The van der Waals surface area contributed by atoms with E-state index in [0.717, 1.165) is 40.9 Å². The van der Waals surface area contributed by atoms with Gasteiger partial charge in [0.05, 0.1) is 11.7 Å². The molecule has 1 aliphatic carbocycles. The minimum Gasteiger partial charge on any atom is -0.460 e. The van der Waals surface area contributed by atoms with Crippen molar-refractivity contribution in [2.75, 3.05) is 5.32 Å². The number of nitrogens with zero attached hydrogens (tertiary/aromatic N) is 3. The molecule has 2 aliphatic rings. The number of aromatic nitrogens is 2. The second kappa shape index (κ2) is 6.63. The highest BCUT2D eigenvalue weighted by molar-refractivity contribution is 5.80. The zero-order valence-electron chi connectivity index (χ0n) is 15.2. The lowest BCUT2D eigenvalue weighted by Gasteiger charge is -2.22. The molecule has 2 aromatic carbocycles. The maximum Gasteiger partial charge on any atom is 0.320 e. The summed E-state index contributed by atoms with van der Waals surface area (Å²) in [6.07, 6.45) is 1.74. The molecule has 1 aromatic heterocycles. The van der Waals surface area contributed by atoms with Crippen LogP contribution in [0.15, 0.2) is 45.8 Å². The second-order valence-electron chi connectivity index (χ2n) is 6.88. The first-order valence-electron chi connectivity index (χ1n) is 9.10.